The highest BCUT2D eigenvalue weighted by molar-refractivity contribution is 8.13. The van der Waals surface area contributed by atoms with Crippen LogP contribution in [0.15, 0.2) is 0 Å². The molecule has 0 amide bonds. The van der Waals surface area contributed by atoms with Crippen LogP contribution in [0.3, 0.4) is 0 Å². The van der Waals surface area contributed by atoms with E-state index < -0.39 is 11.3 Å². The molecular weight excluding hydrogens is 168 g/mol. The van der Waals surface area contributed by atoms with Gasteiger partial charge >= 0.3 is 11.3 Å². The Labute approximate surface area is 68.9 Å². The van der Waals surface area contributed by atoms with Gasteiger partial charge in [0.15, 0.2) is 0 Å². The highest BCUT2D eigenvalue weighted by atomic mass is 32.2. The second kappa shape index (κ2) is 6.03. The Bertz CT molecular complexity index is 146. The fraction of sp³-hybridized carbons (Fsp3) is 0.667. The van der Waals surface area contributed by atoms with Gasteiger partial charge in [0.1, 0.15) is 0 Å². The van der Waals surface area contributed by atoms with Crippen LogP contribution in [0.25, 0.3) is 0 Å². The third-order valence-electron chi connectivity index (χ3n) is 0.798. The summed E-state index contributed by atoms with van der Waals surface area (Å²) in [5.74, 6) is -0.629. The Hall–Kier alpha value is -0.710. The topological polar surface area (TPSA) is 63.6 Å². The summed E-state index contributed by atoms with van der Waals surface area (Å²) in [6, 6.07) is 0. The molecule has 0 unspecified atom stereocenters. The van der Waals surface area contributed by atoms with Crippen molar-refractivity contribution < 1.29 is 19.4 Å². The Balaban J connectivity index is 3.24. The van der Waals surface area contributed by atoms with E-state index in [0.717, 1.165) is 11.8 Å². The quantitative estimate of drug-likeness (QED) is 0.658. The van der Waals surface area contributed by atoms with E-state index in [4.69, 9.17) is 5.11 Å². The van der Waals surface area contributed by atoms with E-state index >= 15 is 0 Å². The van der Waals surface area contributed by atoms with E-state index in [1.54, 1.807) is 6.92 Å². The highest BCUT2D eigenvalue weighted by Crippen LogP contribution is 2.06. The molecule has 64 valence electrons. The molecule has 0 saturated heterocycles. The maximum atomic E-state index is 10.6. The number of thioether (sulfide) groups is 1. The molecule has 0 aliphatic rings. The van der Waals surface area contributed by atoms with E-state index in [1.807, 2.05) is 0 Å². The van der Waals surface area contributed by atoms with Gasteiger partial charge in [-0.15, -0.1) is 0 Å². The third-order valence-corrected chi connectivity index (χ3v) is 1.56. The maximum absolute atomic E-state index is 10.6. The number of hydrogen-bond donors (Lipinski definition) is 1. The van der Waals surface area contributed by atoms with Crippen LogP contribution < -0.4 is 0 Å². The summed E-state index contributed by atoms with van der Waals surface area (Å²) in [6.07, 6.45) is -0.0104. The van der Waals surface area contributed by atoms with Crippen LogP contribution in [0.5, 0.6) is 0 Å². The van der Waals surface area contributed by atoms with Gasteiger partial charge in [0.25, 0.3) is 0 Å². The van der Waals surface area contributed by atoms with E-state index in [0.29, 0.717) is 6.61 Å². The average molecular weight is 178 g/mol. The number of aliphatic carboxylic acids is 1. The predicted octanol–water partition coefficient (Wildman–Crippen LogP) is 1.35. The van der Waals surface area contributed by atoms with Crippen LogP contribution in [0, 0.1) is 0 Å². The van der Waals surface area contributed by atoms with E-state index in [1.165, 1.54) is 0 Å². The maximum Gasteiger partial charge on any atom is 0.367 e. The lowest BCUT2D eigenvalue weighted by atomic mass is 10.5. The molecule has 0 aliphatic carbocycles. The molecule has 0 atom stereocenters. The van der Waals surface area contributed by atoms with Gasteiger partial charge in [0.2, 0.25) is 0 Å². The Morgan fingerprint density at radius 1 is 1.55 bits per heavy atom. The molecule has 5 heteroatoms. The van der Waals surface area contributed by atoms with Crippen LogP contribution in [0.4, 0.5) is 4.79 Å². The molecule has 0 aromatic carbocycles. The number of hydrogen-bond acceptors (Lipinski definition) is 4. The summed E-state index contributed by atoms with van der Waals surface area (Å²) >= 11 is 0.887. The van der Waals surface area contributed by atoms with Gasteiger partial charge in [-0.3, -0.25) is 4.79 Å². The number of carboxylic acids is 1. The molecule has 4 nitrogen and oxygen atoms in total. The summed E-state index contributed by atoms with van der Waals surface area (Å²) in [7, 11) is 0. The van der Waals surface area contributed by atoms with Crippen molar-refractivity contribution in [3.8, 4) is 0 Å². The largest absolute Gasteiger partial charge is 0.481 e. The second-order valence-corrected chi connectivity index (χ2v) is 2.71. The normalized spacial score (nSPS) is 9.18. The Morgan fingerprint density at radius 2 is 2.18 bits per heavy atom. The monoisotopic (exact) mass is 178 g/mol. The van der Waals surface area contributed by atoms with Gasteiger partial charge in [-0.25, -0.2) is 4.79 Å². The van der Waals surface area contributed by atoms with Crippen molar-refractivity contribution in [2.24, 2.45) is 0 Å². The minimum Gasteiger partial charge on any atom is -0.481 e. The molecule has 0 bridgehead atoms. The van der Waals surface area contributed by atoms with Gasteiger partial charge in [0.05, 0.1) is 13.0 Å². The number of ether oxygens (including phenoxy) is 1. The highest BCUT2D eigenvalue weighted by Gasteiger charge is 2.03. The SMILES string of the molecule is CCOC(=O)SCCC(=O)O. The Morgan fingerprint density at radius 3 is 2.64 bits per heavy atom. The van der Waals surface area contributed by atoms with Gasteiger partial charge in [-0.2, -0.15) is 0 Å². The predicted molar refractivity (Wildman–Crippen MR) is 41.7 cm³/mol. The molecule has 11 heavy (non-hydrogen) atoms. The first-order chi connectivity index (χ1) is 5.16. The summed E-state index contributed by atoms with van der Waals surface area (Å²) in [5, 5.41) is 7.78. The average Bonchev–Trinajstić information content (AvgIpc) is 1.87. The lowest BCUT2D eigenvalue weighted by Gasteiger charge is -1.97. The fourth-order valence-corrected chi connectivity index (χ4v) is 1.03. The van der Waals surface area contributed by atoms with Crippen molar-refractivity contribution in [3.05, 3.63) is 0 Å². The molecule has 0 spiro atoms. The van der Waals surface area contributed by atoms with Crippen molar-refractivity contribution in [2.75, 3.05) is 12.4 Å². The summed E-state index contributed by atoms with van der Waals surface area (Å²) in [4.78, 5) is 20.5. The van der Waals surface area contributed by atoms with Gasteiger partial charge in [0, 0.05) is 5.75 Å². The van der Waals surface area contributed by atoms with E-state index in [9.17, 15) is 9.59 Å². The lowest BCUT2D eigenvalue weighted by molar-refractivity contribution is -0.136. The molecular formula is C6H10O4S. The van der Waals surface area contributed by atoms with Gasteiger partial charge in [-0.1, -0.05) is 0 Å². The van der Waals surface area contributed by atoms with Gasteiger partial charge < -0.3 is 9.84 Å². The zero-order chi connectivity index (χ0) is 8.69. The molecule has 0 radical (unpaired) electrons. The molecule has 0 rings (SSSR count). The van der Waals surface area contributed by atoms with Gasteiger partial charge in [-0.05, 0) is 18.7 Å². The summed E-state index contributed by atoms with van der Waals surface area (Å²) in [5.41, 5.74) is 0. The van der Waals surface area contributed by atoms with Crippen molar-refractivity contribution in [1.29, 1.82) is 0 Å². The number of carbonyl (C=O) groups excluding carboxylic acids is 1. The summed E-state index contributed by atoms with van der Waals surface area (Å²) in [6.45, 7) is 2.04. The smallest absolute Gasteiger partial charge is 0.367 e. The zero-order valence-electron chi connectivity index (χ0n) is 6.20. The van der Waals surface area contributed by atoms with Crippen LogP contribution in [-0.4, -0.2) is 28.7 Å². The first kappa shape index (κ1) is 10.3. The minimum atomic E-state index is -0.901. The Kier molecular flexibility index (Phi) is 5.64. The molecule has 0 aromatic heterocycles. The van der Waals surface area contributed by atoms with E-state index in [-0.39, 0.29) is 12.2 Å². The van der Waals surface area contributed by atoms with Crippen molar-refractivity contribution in [1.82, 2.24) is 0 Å². The summed E-state index contributed by atoms with van der Waals surface area (Å²) < 4.78 is 4.55. The molecule has 0 fully saturated rings. The first-order valence-corrected chi connectivity index (χ1v) is 4.16. The lowest BCUT2D eigenvalue weighted by Crippen LogP contribution is -2.01. The molecule has 0 heterocycles. The number of rotatable bonds is 4. The van der Waals surface area contributed by atoms with Crippen molar-refractivity contribution in [2.45, 2.75) is 13.3 Å². The fourth-order valence-electron chi connectivity index (χ4n) is 0.381. The standard InChI is InChI=1S/C6H10O4S/c1-2-10-6(9)11-4-3-5(7)8/h2-4H2,1H3,(H,7,8). The number of carboxylic acid groups (broad SMARTS) is 1. The number of carbonyl (C=O) groups is 2. The van der Waals surface area contributed by atoms with Crippen LogP contribution in [-0.2, 0) is 9.53 Å². The zero-order valence-corrected chi connectivity index (χ0v) is 7.02. The molecule has 0 aliphatic heterocycles. The first-order valence-electron chi connectivity index (χ1n) is 3.18. The van der Waals surface area contributed by atoms with Crippen molar-refractivity contribution >= 4 is 23.0 Å². The minimum absolute atomic E-state index is 0.0104. The third kappa shape index (κ3) is 7.18. The second-order valence-electron chi connectivity index (χ2n) is 1.68. The van der Waals surface area contributed by atoms with Crippen LogP contribution >= 0.6 is 11.8 Å². The molecule has 0 aromatic rings. The van der Waals surface area contributed by atoms with Crippen LogP contribution in [0.2, 0.25) is 0 Å². The van der Waals surface area contributed by atoms with E-state index in [2.05, 4.69) is 4.74 Å². The van der Waals surface area contributed by atoms with Crippen LogP contribution in [0.1, 0.15) is 13.3 Å². The molecule has 0 saturated carbocycles. The van der Waals surface area contributed by atoms with Crippen molar-refractivity contribution in [3.63, 3.8) is 0 Å². The molecule has 1 N–H and O–H groups in total.